The van der Waals surface area contributed by atoms with Gasteiger partial charge in [0.1, 0.15) is 0 Å². The van der Waals surface area contributed by atoms with Gasteiger partial charge in [-0.25, -0.2) is 9.18 Å². The Bertz CT molecular complexity index is 906. The zero-order valence-electron chi connectivity index (χ0n) is 14.1. The molecule has 2 amide bonds. The molecule has 4 nitrogen and oxygen atoms in total. The Kier molecular flexibility index (Phi) is 4.84. The largest absolute Gasteiger partial charge is 0.494 e. The maximum atomic E-state index is 13.8. The van der Waals surface area contributed by atoms with Crippen molar-refractivity contribution < 1.29 is 13.9 Å². The third kappa shape index (κ3) is 3.71. The predicted octanol–water partition coefficient (Wildman–Crippen LogP) is 4.65. The fraction of sp³-hybridized carbons (Fsp3) is 0.150. The minimum Gasteiger partial charge on any atom is -0.494 e. The fourth-order valence-electron chi connectivity index (χ4n) is 2.70. The number of benzene rings is 3. The van der Waals surface area contributed by atoms with Crippen LogP contribution in [0.5, 0.6) is 5.75 Å². The van der Waals surface area contributed by atoms with Crippen LogP contribution in [0.1, 0.15) is 5.56 Å². The Labute approximate surface area is 145 Å². The highest BCUT2D eigenvalue weighted by atomic mass is 19.1. The third-order valence-corrected chi connectivity index (χ3v) is 4.01. The molecule has 0 bridgehead atoms. The number of hydrogen-bond donors (Lipinski definition) is 1. The molecule has 0 radical (unpaired) electrons. The Hall–Kier alpha value is -3.08. The second-order valence-electron chi connectivity index (χ2n) is 5.78. The van der Waals surface area contributed by atoms with Crippen molar-refractivity contribution >= 4 is 22.5 Å². The van der Waals surface area contributed by atoms with Crippen LogP contribution < -0.4 is 10.1 Å². The number of ether oxygens (including phenoxy) is 1. The SMILES string of the molecule is COc1ccc(CN(C)C(=O)Nc2cccc3ccccc23)cc1F. The zero-order valence-corrected chi connectivity index (χ0v) is 14.1. The summed E-state index contributed by atoms with van der Waals surface area (Å²) in [6.07, 6.45) is 0. The number of nitrogens with one attached hydrogen (secondary N) is 1. The van der Waals surface area contributed by atoms with E-state index in [-0.39, 0.29) is 18.3 Å². The summed E-state index contributed by atoms with van der Waals surface area (Å²) in [6.45, 7) is 0.289. The van der Waals surface area contributed by atoms with Crippen molar-refractivity contribution in [3.63, 3.8) is 0 Å². The maximum Gasteiger partial charge on any atom is 0.321 e. The van der Waals surface area contributed by atoms with Crippen LogP contribution in [-0.4, -0.2) is 25.1 Å². The van der Waals surface area contributed by atoms with E-state index in [2.05, 4.69) is 5.32 Å². The number of hydrogen-bond acceptors (Lipinski definition) is 2. The first-order chi connectivity index (χ1) is 12.1. The van der Waals surface area contributed by atoms with E-state index in [1.165, 1.54) is 18.1 Å². The summed E-state index contributed by atoms with van der Waals surface area (Å²) in [6, 6.07) is 18.0. The van der Waals surface area contributed by atoms with Gasteiger partial charge in [0.05, 0.1) is 12.8 Å². The first-order valence-corrected chi connectivity index (χ1v) is 7.91. The van der Waals surface area contributed by atoms with Gasteiger partial charge < -0.3 is 15.0 Å². The predicted molar refractivity (Wildman–Crippen MR) is 97.4 cm³/mol. The molecule has 3 aromatic carbocycles. The second-order valence-corrected chi connectivity index (χ2v) is 5.78. The van der Waals surface area contributed by atoms with Crippen molar-refractivity contribution in [2.45, 2.75) is 6.54 Å². The Morgan fingerprint density at radius 2 is 1.88 bits per heavy atom. The molecule has 0 atom stereocenters. The van der Waals surface area contributed by atoms with E-state index in [0.717, 1.165) is 16.5 Å². The summed E-state index contributed by atoms with van der Waals surface area (Å²) >= 11 is 0. The number of carbonyl (C=O) groups excluding carboxylic acids is 1. The van der Waals surface area contributed by atoms with Crippen LogP contribution in [0, 0.1) is 5.82 Å². The highest BCUT2D eigenvalue weighted by molar-refractivity contribution is 6.01. The summed E-state index contributed by atoms with van der Waals surface area (Å²) in [5, 5.41) is 4.94. The Morgan fingerprint density at radius 1 is 1.12 bits per heavy atom. The number of anilines is 1. The molecule has 3 aromatic rings. The van der Waals surface area contributed by atoms with E-state index in [0.29, 0.717) is 5.56 Å². The monoisotopic (exact) mass is 338 g/mol. The molecule has 0 saturated carbocycles. The number of amides is 2. The first-order valence-electron chi connectivity index (χ1n) is 7.91. The third-order valence-electron chi connectivity index (χ3n) is 4.01. The van der Waals surface area contributed by atoms with Crippen LogP contribution in [-0.2, 0) is 6.54 Å². The highest BCUT2D eigenvalue weighted by Crippen LogP contribution is 2.23. The smallest absolute Gasteiger partial charge is 0.321 e. The number of nitrogens with zero attached hydrogens (tertiary/aromatic N) is 1. The highest BCUT2D eigenvalue weighted by Gasteiger charge is 2.12. The lowest BCUT2D eigenvalue weighted by molar-refractivity contribution is 0.220. The van der Waals surface area contributed by atoms with Crippen LogP contribution in [0.3, 0.4) is 0 Å². The van der Waals surface area contributed by atoms with Crippen LogP contribution in [0.25, 0.3) is 10.8 Å². The van der Waals surface area contributed by atoms with Gasteiger partial charge in [0.2, 0.25) is 0 Å². The van der Waals surface area contributed by atoms with E-state index in [1.807, 2.05) is 42.5 Å². The molecule has 25 heavy (non-hydrogen) atoms. The summed E-state index contributed by atoms with van der Waals surface area (Å²) in [7, 11) is 3.09. The molecule has 0 unspecified atom stereocenters. The molecule has 0 aliphatic heterocycles. The average Bonchev–Trinajstić information content (AvgIpc) is 2.62. The van der Waals surface area contributed by atoms with E-state index >= 15 is 0 Å². The Morgan fingerprint density at radius 3 is 2.64 bits per heavy atom. The molecule has 1 N–H and O–H groups in total. The van der Waals surface area contributed by atoms with Gasteiger partial charge in [0, 0.05) is 19.0 Å². The molecule has 0 fully saturated rings. The Balaban J connectivity index is 1.73. The van der Waals surface area contributed by atoms with Crippen molar-refractivity contribution in [3.05, 3.63) is 72.0 Å². The number of fused-ring (bicyclic) bond motifs is 1. The fourth-order valence-corrected chi connectivity index (χ4v) is 2.70. The van der Waals surface area contributed by atoms with Gasteiger partial charge >= 0.3 is 6.03 Å². The normalized spacial score (nSPS) is 10.5. The summed E-state index contributed by atoms with van der Waals surface area (Å²) < 4.78 is 18.7. The van der Waals surface area contributed by atoms with Crippen molar-refractivity contribution in [3.8, 4) is 5.75 Å². The average molecular weight is 338 g/mol. The lowest BCUT2D eigenvalue weighted by atomic mass is 10.1. The molecule has 0 aromatic heterocycles. The van der Waals surface area contributed by atoms with Crippen LogP contribution in [0.2, 0.25) is 0 Å². The summed E-state index contributed by atoms with van der Waals surface area (Å²) in [4.78, 5) is 14.0. The van der Waals surface area contributed by atoms with Gasteiger partial charge in [-0.3, -0.25) is 0 Å². The van der Waals surface area contributed by atoms with Gasteiger partial charge in [-0.1, -0.05) is 42.5 Å². The van der Waals surface area contributed by atoms with E-state index in [4.69, 9.17) is 4.74 Å². The number of carbonyl (C=O) groups is 1. The molecule has 0 aliphatic rings. The van der Waals surface area contributed by atoms with Gasteiger partial charge in [-0.2, -0.15) is 0 Å². The summed E-state index contributed by atoms with van der Waals surface area (Å²) in [5.74, 6) is -0.255. The number of urea groups is 1. The van der Waals surface area contributed by atoms with Crippen LogP contribution >= 0.6 is 0 Å². The quantitative estimate of drug-likeness (QED) is 0.752. The minimum atomic E-state index is -0.442. The van der Waals surface area contributed by atoms with Crippen molar-refractivity contribution in [2.24, 2.45) is 0 Å². The lowest BCUT2D eigenvalue weighted by Gasteiger charge is -2.19. The molecular weight excluding hydrogens is 319 g/mol. The molecule has 3 rings (SSSR count). The van der Waals surface area contributed by atoms with Crippen molar-refractivity contribution in [1.29, 1.82) is 0 Å². The molecule has 0 aliphatic carbocycles. The molecule has 5 heteroatoms. The number of rotatable bonds is 4. The van der Waals surface area contributed by atoms with Gasteiger partial charge in [-0.05, 0) is 29.1 Å². The number of halogens is 1. The summed E-state index contributed by atoms with van der Waals surface area (Å²) in [5.41, 5.74) is 1.43. The second kappa shape index (κ2) is 7.21. The molecular formula is C20H19FN2O2. The maximum absolute atomic E-state index is 13.8. The molecule has 0 heterocycles. The molecule has 0 spiro atoms. The van der Waals surface area contributed by atoms with Gasteiger partial charge in [-0.15, -0.1) is 0 Å². The van der Waals surface area contributed by atoms with Crippen molar-refractivity contribution in [2.75, 3.05) is 19.5 Å². The van der Waals surface area contributed by atoms with Gasteiger partial charge in [0.15, 0.2) is 11.6 Å². The van der Waals surface area contributed by atoms with E-state index in [1.54, 1.807) is 19.2 Å². The standard InChI is InChI=1S/C20H19FN2O2/c1-23(13-14-10-11-19(25-2)17(21)12-14)20(24)22-18-9-5-7-15-6-3-4-8-16(15)18/h3-12H,13H2,1-2H3,(H,22,24). The van der Waals surface area contributed by atoms with E-state index in [9.17, 15) is 9.18 Å². The molecule has 128 valence electrons. The van der Waals surface area contributed by atoms with E-state index < -0.39 is 5.82 Å². The zero-order chi connectivity index (χ0) is 17.8. The van der Waals surface area contributed by atoms with Gasteiger partial charge in [0.25, 0.3) is 0 Å². The lowest BCUT2D eigenvalue weighted by Crippen LogP contribution is -2.30. The van der Waals surface area contributed by atoms with Crippen LogP contribution in [0.15, 0.2) is 60.7 Å². The molecule has 0 saturated heterocycles. The number of methoxy groups -OCH3 is 1. The first kappa shape index (κ1) is 16.8. The minimum absolute atomic E-state index is 0.187. The topological polar surface area (TPSA) is 41.6 Å². The van der Waals surface area contributed by atoms with Crippen LogP contribution in [0.4, 0.5) is 14.9 Å². The van der Waals surface area contributed by atoms with Crippen molar-refractivity contribution in [1.82, 2.24) is 4.90 Å².